The molecule has 1 amide bonds. The molecule has 112 valence electrons. The van der Waals surface area contributed by atoms with E-state index >= 15 is 0 Å². The van der Waals surface area contributed by atoms with Gasteiger partial charge in [-0.15, -0.1) is 0 Å². The van der Waals surface area contributed by atoms with Crippen LogP contribution in [-0.2, 0) is 10.0 Å². The average Bonchev–Trinajstić information content (AvgIpc) is 2.41. The van der Waals surface area contributed by atoms with Crippen LogP contribution in [0.15, 0.2) is 24.3 Å². The topological polar surface area (TPSA) is 66.5 Å². The summed E-state index contributed by atoms with van der Waals surface area (Å²) in [7, 11) is -1.94. The van der Waals surface area contributed by atoms with Gasteiger partial charge in [0.25, 0.3) is 5.91 Å². The normalized spacial score (nSPS) is 11.2. The molecule has 20 heavy (non-hydrogen) atoms. The molecule has 1 rings (SSSR count). The molecule has 0 aliphatic heterocycles. The minimum Gasteiger partial charge on any atom is -0.352 e. The Kier molecular flexibility index (Phi) is 6.01. The summed E-state index contributed by atoms with van der Waals surface area (Å²) < 4.78 is 24.3. The van der Waals surface area contributed by atoms with Crippen molar-refractivity contribution >= 4 is 21.6 Å². The number of hydrogen-bond acceptors (Lipinski definition) is 3. The molecule has 0 saturated carbocycles. The Balaban J connectivity index is 2.88. The first-order valence-electron chi connectivity index (χ1n) is 6.69. The molecule has 0 heterocycles. The van der Waals surface area contributed by atoms with Crippen LogP contribution >= 0.6 is 0 Å². The first kappa shape index (κ1) is 16.5. The first-order valence-corrected chi connectivity index (χ1v) is 8.54. The van der Waals surface area contributed by atoms with Gasteiger partial charge in [0.1, 0.15) is 0 Å². The van der Waals surface area contributed by atoms with Gasteiger partial charge in [-0.1, -0.05) is 31.9 Å². The molecule has 0 aromatic heterocycles. The van der Waals surface area contributed by atoms with Gasteiger partial charge in [0.15, 0.2) is 0 Å². The highest BCUT2D eigenvalue weighted by Crippen LogP contribution is 2.21. The van der Waals surface area contributed by atoms with E-state index in [-0.39, 0.29) is 5.91 Å². The molecule has 5 nitrogen and oxygen atoms in total. The molecule has 0 aliphatic carbocycles. The summed E-state index contributed by atoms with van der Waals surface area (Å²) in [4.78, 5) is 12.1. The average molecular weight is 298 g/mol. The fraction of sp³-hybridized carbons (Fsp3) is 0.500. The highest BCUT2D eigenvalue weighted by Gasteiger charge is 2.18. The van der Waals surface area contributed by atoms with E-state index in [1.165, 1.54) is 7.05 Å². The predicted octanol–water partition coefficient (Wildman–Crippen LogP) is 2.00. The Bertz CT molecular complexity index is 555. The second-order valence-electron chi connectivity index (χ2n) is 4.71. The van der Waals surface area contributed by atoms with Crippen LogP contribution in [0.3, 0.4) is 0 Å². The molecule has 0 atom stereocenters. The lowest BCUT2D eigenvalue weighted by Gasteiger charge is -2.19. The maximum absolute atomic E-state index is 12.1. The van der Waals surface area contributed by atoms with Gasteiger partial charge in [0, 0.05) is 13.6 Å². The number of benzene rings is 1. The SMILES string of the molecule is CCCCCNC(=O)c1ccccc1N(C)S(C)(=O)=O. The fourth-order valence-corrected chi connectivity index (χ4v) is 2.31. The minimum absolute atomic E-state index is 0.243. The molecular weight excluding hydrogens is 276 g/mol. The van der Waals surface area contributed by atoms with E-state index in [1.54, 1.807) is 24.3 Å². The summed E-state index contributed by atoms with van der Waals surface area (Å²) in [5, 5.41) is 2.82. The van der Waals surface area contributed by atoms with Gasteiger partial charge in [0.2, 0.25) is 10.0 Å². The molecule has 1 aromatic carbocycles. The number of carbonyl (C=O) groups is 1. The molecule has 1 aromatic rings. The zero-order chi connectivity index (χ0) is 15.2. The summed E-state index contributed by atoms with van der Waals surface area (Å²) >= 11 is 0. The molecule has 0 saturated heterocycles. The molecule has 0 bridgehead atoms. The third-order valence-electron chi connectivity index (χ3n) is 3.05. The predicted molar refractivity (Wildman–Crippen MR) is 81.5 cm³/mol. The molecule has 0 radical (unpaired) electrons. The Hall–Kier alpha value is -1.56. The zero-order valence-corrected chi connectivity index (χ0v) is 13.0. The van der Waals surface area contributed by atoms with Crippen molar-refractivity contribution in [2.24, 2.45) is 0 Å². The van der Waals surface area contributed by atoms with Crippen molar-refractivity contribution in [3.63, 3.8) is 0 Å². The Morgan fingerprint density at radius 3 is 2.50 bits per heavy atom. The number of rotatable bonds is 7. The number of nitrogens with one attached hydrogen (secondary N) is 1. The number of hydrogen-bond donors (Lipinski definition) is 1. The number of amides is 1. The molecular formula is C14H22N2O3S. The largest absolute Gasteiger partial charge is 0.352 e. The number of para-hydroxylation sites is 1. The van der Waals surface area contributed by atoms with E-state index in [1.807, 2.05) is 0 Å². The molecule has 0 aliphatic rings. The van der Waals surface area contributed by atoms with Gasteiger partial charge >= 0.3 is 0 Å². The number of sulfonamides is 1. The van der Waals surface area contributed by atoms with Crippen molar-refractivity contribution in [3.05, 3.63) is 29.8 Å². The van der Waals surface area contributed by atoms with Crippen molar-refractivity contribution in [3.8, 4) is 0 Å². The monoisotopic (exact) mass is 298 g/mol. The third kappa shape index (κ3) is 4.52. The van der Waals surface area contributed by atoms with Gasteiger partial charge in [-0.2, -0.15) is 0 Å². The van der Waals surface area contributed by atoms with Crippen LogP contribution in [0.4, 0.5) is 5.69 Å². The Labute approximate surface area is 121 Å². The van der Waals surface area contributed by atoms with Crippen LogP contribution in [0.1, 0.15) is 36.5 Å². The van der Waals surface area contributed by atoms with Crippen molar-refractivity contribution < 1.29 is 13.2 Å². The molecule has 1 N–H and O–H groups in total. The maximum atomic E-state index is 12.1. The molecule has 0 spiro atoms. The van der Waals surface area contributed by atoms with Gasteiger partial charge in [-0.05, 0) is 18.6 Å². The highest BCUT2D eigenvalue weighted by molar-refractivity contribution is 7.92. The van der Waals surface area contributed by atoms with Crippen LogP contribution in [-0.4, -0.2) is 34.2 Å². The van der Waals surface area contributed by atoms with Gasteiger partial charge in [0.05, 0.1) is 17.5 Å². The lowest BCUT2D eigenvalue weighted by molar-refractivity contribution is 0.0953. The Morgan fingerprint density at radius 2 is 1.90 bits per heavy atom. The van der Waals surface area contributed by atoms with E-state index in [2.05, 4.69) is 12.2 Å². The van der Waals surface area contributed by atoms with E-state index in [0.29, 0.717) is 17.8 Å². The highest BCUT2D eigenvalue weighted by atomic mass is 32.2. The minimum atomic E-state index is -3.39. The summed E-state index contributed by atoms with van der Waals surface area (Å²) in [6, 6.07) is 6.69. The standard InChI is InChI=1S/C14H22N2O3S/c1-4-5-8-11-15-14(17)12-9-6-7-10-13(12)16(2)20(3,18)19/h6-7,9-10H,4-5,8,11H2,1-3H3,(H,15,17). The zero-order valence-electron chi connectivity index (χ0n) is 12.2. The van der Waals surface area contributed by atoms with Crippen LogP contribution in [0.25, 0.3) is 0 Å². The second-order valence-corrected chi connectivity index (χ2v) is 6.72. The van der Waals surface area contributed by atoms with Crippen LogP contribution < -0.4 is 9.62 Å². The van der Waals surface area contributed by atoms with E-state index < -0.39 is 10.0 Å². The number of nitrogens with zero attached hydrogens (tertiary/aromatic N) is 1. The summed E-state index contributed by atoms with van der Waals surface area (Å²) in [6.07, 6.45) is 4.18. The maximum Gasteiger partial charge on any atom is 0.253 e. The van der Waals surface area contributed by atoms with Crippen molar-refractivity contribution in [2.45, 2.75) is 26.2 Å². The van der Waals surface area contributed by atoms with E-state index in [4.69, 9.17) is 0 Å². The van der Waals surface area contributed by atoms with Crippen LogP contribution in [0.2, 0.25) is 0 Å². The smallest absolute Gasteiger partial charge is 0.253 e. The van der Waals surface area contributed by atoms with E-state index in [9.17, 15) is 13.2 Å². The number of anilines is 1. The van der Waals surface area contributed by atoms with Gasteiger partial charge < -0.3 is 5.32 Å². The first-order chi connectivity index (χ1) is 9.38. The number of unbranched alkanes of at least 4 members (excludes halogenated alkanes) is 2. The van der Waals surface area contributed by atoms with Crippen molar-refractivity contribution in [2.75, 3.05) is 24.2 Å². The van der Waals surface area contributed by atoms with Gasteiger partial charge in [-0.25, -0.2) is 8.42 Å². The quantitative estimate of drug-likeness (QED) is 0.783. The van der Waals surface area contributed by atoms with Gasteiger partial charge in [-0.3, -0.25) is 9.10 Å². The van der Waals surface area contributed by atoms with Crippen LogP contribution in [0, 0.1) is 0 Å². The fourth-order valence-electron chi connectivity index (χ4n) is 1.79. The lowest BCUT2D eigenvalue weighted by atomic mass is 10.1. The summed E-state index contributed by atoms with van der Waals surface area (Å²) in [6.45, 7) is 2.70. The lowest BCUT2D eigenvalue weighted by Crippen LogP contribution is -2.30. The molecule has 0 unspecified atom stereocenters. The second kappa shape index (κ2) is 7.28. The molecule has 0 fully saturated rings. The summed E-state index contributed by atoms with van der Waals surface area (Å²) in [5.41, 5.74) is 0.764. The molecule has 6 heteroatoms. The number of carbonyl (C=O) groups excluding carboxylic acids is 1. The van der Waals surface area contributed by atoms with Crippen molar-refractivity contribution in [1.82, 2.24) is 5.32 Å². The summed E-state index contributed by atoms with van der Waals surface area (Å²) in [5.74, 6) is -0.243. The van der Waals surface area contributed by atoms with Crippen LogP contribution in [0.5, 0.6) is 0 Å². The third-order valence-corrected chi connectivity index (χ3v) is 4.24. The van der Waals surface area contributed by atoms with Crippen molar-refractivity contribution in [1.29, 1.82) is 0 Å². The Morgan fingerprint density at radius 1 is 1.25 bits per heavy atom. The van der Waals surface area contributed by atoms with E-state index in [0.717, 1.165) is 29.8 Å².